The van der Waals surface area contributed by atoms with Gasteiger partial charge in [0, 0.05) is 12.3 Å². The molecule has 6 heteroatoms. The molecule has 0 aromatic heterocycles. The fourth-order valence-corrected chi connectivity index (χ4v) is 13.1. The van der Waals surface area contributed by atoms with Crippen LogP contribution in [0.5, 0.6) is 0 Å². The average Bonchev–Trinajstić information content (AvgIpc) is 3.77. The third-order valence-electron chi connectivity index (χ3n) is 14.7. The summed E-state index contributed by atoms with van der Waals surface area (Å²) in [6.45, 7) is 7.40. The highest BCUT2D eigenvalue weighted by Crippen LogP contribution is 2.68. The van der Waals surface area contributed by atoms with Gasteiger partial charge in [-0.15, -0.1) is 0 Å². The Kier molecular flexibility index (Phi) is 6.00. The monoisotopic (exact) mass is 552 g/mol. The van der Waals surface area contributed by atoms with Crippen molar-refractivity contribution in [3.05, 3.63) is 0 Å². The molecule has 6 nitrogen and oxygen atoms in total. The fraction of sp³-hybridized carbons (Fsp3) is 0.912. The minimum atomic E-state index is -0.712. The van der Waals surface area contributed by atoms with Gasteiger partial charge in [0.1, 0.15) is 5.60 Å². The molecular weight excluding hydrogens is 504 g/mol. The zero-order valence-electron chi connectivity index (χ0n) is 24.6. The van der Waals surface area contributed by atoms with E-state index in [9.17, 15) is 14.4 Å². The quantitative estimate of drug-likeness (QED) is 0.306. The normalized spacial score (nSPS) is 55.2. The van der Waals surface area contributed by atoms with Gasteiger partial charge < -0.3 is 14.2 Å². The Bertz CT molecular complexity index is 1080. The van der Waals surface area contributed by atoms with E-state index in [0.29, 0.717) is 66.3 Å². The Morgan fingerprint density at radius 2 is 1.57 bits per heavy atom. The molecule has 40 heavy (non-hydrogen) atoms. The van der Waals surface area contributed by atoms with Crippen LogP contribution in [0.4, 0.5) is 0 Å². The Balaban J connectivity index is 0.956. The maximum atomic E-state index is 14.0. The minimum Gasteiger partial charge on any atom is -0.463 e. The van der Waals surface area contributed by atoms with Crippen LogP contribution >= 0.6 is 0 Å². The van der Waals surface area contributed by atoms with Crippen molar-refractivity contribution in [2.45, 2.75) is 103 Å². The molecule has 1 heterocycles. The molecule has 0 aromatic rings. The first-order chi connectivity index (χ1) is 19.3. The van der Waals surface area contributed by atoms with Crippen LogP contribution in [0.15, 0.2) is 0 Å². The lowest BCUT2D eigenvalue weighted by molar-refractivity contribution is -0.179. The van der Waals surface area contributed by atoms with Gasteiger partial charge in [-0.2, -0.15) is 0 Å². The maximum absolute atomic E-state index is 14.0. The molecule has 8 aliphatic rings. The molecule has 0 radical (unpaired) electrons. The molecule has 8 fully saturated rings. The van der Waals surface area contributed by atoms with Crippen molar-refractivity contribution in [2.24, 2.45) is 82.9 Å². The van der Waals surface area contributed by atoms with Gasteiger partial charge in [0.2, 0.25) is 6.10 Å². The van der Waals surface area contributed by atoms with Gasteiger partial charge in [0.05, 0.1) is 18.4 Å². The summed E-state index contributed by atoms with van der Waals surface area (Å²) in [7, 11) is 0. The molecule has 7 saturated carbocycles. The van der Waals surface area contributed by atoms with Crippen LogP contribution in [0.25, 0.3) is 0 Å². The molecule has 7 aliphatic carbocycles. The SMILES string of the molecule is CCC1(OC(=O)C2CC3CC2C(C2C4CC(C(=O)OC5CCOC5=O)C(C4)C2C)C3C)CC2CC1C1CCCC21. The second kappa shape index (κ2) is 9.20. The largest absolute Gasteiger partial charge is 0.463 e. The molecule has 0 amide bonds. The third kappa shape index (κ3) is 3.55. The second-order valence-corrected chi connectivity index (χ2v) is 15.7. The van der Waals surface area contributed by atoms with Crippen LogP contribution < -0.4 is 0 Å². The van der Waals surface area contributed by atoms with Crippen LogP contribution in [0, 0.1) is 82.9 Å². The number of rotatable bonds is 6. The fourth-order valence-electron chi connectivity index (χ4n) is 13.1. The Morgan fingerprint density at radius 3 is 2.30 bits per heavy atom. The molecule has 0 N–H and O–H groups in total. The van der Waals surface area contributed by atoms with Gasteiger partial charge in [-0.25, -0.2) is 4.79 Å². The maximum Gasteiger partial charge on any atom is 0.347 e. The van der Waals surface area contributed by atoms with Gasteiger partial charge in [-0.05, 0) is 123 Å². The van der Waals surface area contributed by atoms with Gasteiger partial charge in [-0.1, -0.05) is 27.2 Å². The van der Waals surface area contributed by atoms with E-state index >= 15 is 0 Å². The van der Waals surface area contributed by atoms with E-state index in [0.717, 1.165) is 49.9 Å². The first-order valence-electron chi connectivity index (χ1n) is 16.9. The molecule has 1 saturated heterocycles. The van der Waals surface area contributed by atoms with E-state index in [1.807, 2.05) is 0 Å². The Morgan fingerprint density at radius 1 is 0.825 bits per heavy atom. The summed E-state index contributed by atoms with van der Waals surface area (Å²) < 4.78 is 17.4. The molecule has 220 valence electrons. The van der Waals surface area contributed by atoms with E-state index < -0.39 is 12.1 Å². The van der Waals surface area contributed by atoms with Crippen LogP contribution in [0.2, 0.25) is 0 Å². The van der Waals surface area contributed by atoms with E-state index in [4.69, 9.17) is 14.2 Å². The summed E-state index contributed by atoms with van der Waals surface area (Å²) in [5.74, 6) is 6.73. The van der Waals surface area contributed by atoms with Crippen molar-refractivity contribution >= 4 is 17.9 Å². The number of fused-ring (bicyclic) bond motifs is 9. The second-order valence-electron chi connectivity index (χ2n) is 15.7. The minimum absolute atomic E-state index is 0.0635. The summed E-state index contributed by atoms with van der Waals surface area (Å²) in [6.07, 6.45) is 11.4. The van der Waals surface area contributed by atoms with Crippen molar-refractivity contribution in [3.63, 3.8) is 0 Å². The highest BCUT2D eigenvalue weighted by atomic mass is 16.6. The number of carbonyl (C=O) groups is 3. The van der Waals surface area contributed by atoms with Crippen LogP contribution in [-0.4, -0.2) is 36.2 Å². The summed E-state index contributed by atoms with van der Waals surface area (Å²) >= 11 is 0. The number of carbonyl (C=O) groups excluding carboxylic acids is 3. The number of ether oxygens (including phenoxy) is 3. The molecule has 0 aromatic carbocycles. The molecule has 8 rings (SSSR count). The molecule has 6 bridgehead atoms. The van der Waals surface area contributed by atoms with Crippen molar-refractivity contribution in [2.75, 3.05) is 6.61 Å². The molecule has 0 spiro atoms. The lowest BCUT2D eigenvalue weighted by atomic mass is 9.61. The smallest absolute Gasteiger partial charge is 0.347 e. The summed E-state index contributed by atoms with van der Waals surface area (Å²) in [5.41, 5.74) is -0.199. The molecular formula is C34H48O6. The number of hydrogen-bond acceptors (Lipinski definition) is 6. The van der Waals surface area contributed by atoms with Crippen LogP contribution in [-0.2, 0) is 28.6 Å². The van der Waals surface area contributed by atoms with Crippen molar-refractivity contribution in [1.29, 1.82) is 0 Å². The summed E-state index contributed by atoms with van der Waals surface area (Å²) in [6, 6.07) is 0. The Labute approximate surface area is 239 Å². The highest BCUT2D eigenvalue weighted by molar-refractivity contribution is 5.82. The number of esters is 3. The summed E-state index contributed by atoms with van der Waals surface area (Å²) in [5, 5.41) is 0. The average molecular weight is 553 g/mol. The van der Waals surface area contributed by atoms with Gasteiger partial charge >= 0.3 is 17.9 Å². The number of cyclic esters (lactones) is 1. The van der Waals surface area contributed by atoms with Crippen molar-refractivity contribution in [3.8, 4) is 0 Å². The van der Waals surface area contributed by atoms with Crippen molar-refractivity contribution < 1.29 is 28.6 Å². The zero-order chi connectivity index (χ0) is 27.5. The third-order valence-corrected chi connectivity index (χ3v) is 14.7. The first-order valence-corrected chi connectivity index (χ1v) is 16.9. The van der Waals surface area contributed by atoms with Crippen molar-refractivity contribution in [1.82, 2.24) is 0 Å². The Hall–Kier alpha value is -1.59. The number of hydrogen-bond donors (Lipinski definition) is 0. The van der Waals surface area contributed by atoms with E-state index in [1.165, 1.54) is 32.1 Å². The topological polar surface area (TPSA) is 78.9 Å². The lowest BCUT2D eigenvalue weighted by Gasteiger charge is -2.46. The van der Waals surface area contributed by atoms with Gasteiger partial charge in [-0.3, -0.25) is 9.59 Å². The van der Waals surface area contributed by atoms with Gasteiger partial charge in [0.25, 0.3) is 0 Å². The standard InChI is InChI=1S/C34H48O6/c1-4-34(15-20-14-27(34)22-7-5-6-21(20)22)40-32(36)26-11-18-10-24(26)30(16(18)2)29-17(3)23-12-19(29)13-25(23)31(35)39-28-8-9-38-33(28)37/h16-30H,4-15H2,1-3H3. The summed E-state index contributed by atoms with van der Waals surface area (Å²) in [4.78, 5) is 39.0. The predicted octanol–water partition coefficient (Wildman–Crippen LogP) is 5.81. The molecule has 16 atom stereocenters. The molecule has 1 aliphatic heterocycles. The molecule has 16 unspecified atom stereocenters. The van der Waals surface area contributed by atoms with Gasteiger partial charge in [0.15, 0.2) is 0 Å². The zero-order valence-corrected chi connectivity index (χ0v) is 24.6. The van der Waals surface area contributed by atoms with E-state index in [1.54, 1.807) is 0 Å². The highest BCUT2D eigenvalue weighted by Gasteiger charge is 2.65. The van der Waals surface area contributed by atoms with E-state index in [-0.39, 0.29) is 29.4 Å². The van der Waals surface area contributed by atoms with Crippen LogP contribution in [0.1, 0.15) is 91.4 Å². The first kappa shape index (κ1) is 26.1. The van der Waals surface area contributed by atoms with E-state index in [2.05, 4.69) is 20.8 Å². The lowest BCUT2D eigenvalue weighted by Crippen LogP contribution is -2.48. The predicted molar refractivity (Wildman–Crippen MR) is 146 cm³/mol. The van der Waals surface area contributed by atoms with Crippen LogP contribution in [0.3, 0.4) is 0 Å².